The highest BCUT2D eigenvalue weighted by atomic mass is 31.1. The Kier molecular flexibility index (Phi) is 7.56. The zero-order valence-electron chi connectivity index (χ0n) is 18.9. The summed E-state index contributed by atoms with van der Waals surface area (Å²) in [6.07, 6.45) is 2.16. The van der Waals surface area contributed by atoms with Gasteiger partial charge in [-0.25, -0.2) is 0 Å². The number of nitrogens with zero attached hydrogens (tertiary/aromatic N) is 1. The summed E-state index contributed by atoms with van der Waals surface area (Å²) in [5.74, 6) is 1.06. The van der Waals surface area contributed by atoms with Gasteiger partial charge in [0.1, 0.15) is 12.4 Å². The van der Waals surface area contributed by atoms with Gasteiger partial charge in [0, 0.05) is 30.5 Å². The number of rotatable bonds is 9. The number of para-hydroxylation sites is 2. The number of hydrogen-bond acceptors (Lipinski definition) is 2. The third-order valence-corrected chi connectivity index (χ3v) is 8.07. The smallest absolute Gasteiger partial charge is 0.126 e. The topological polar surface area (TPSA) is 12.5 Å². The van der Waals surface area contributed by atoms with E-state index in [4.69, 9.17) is 4.74 Å². The monoisotopic (exact) mass is 419 g/mol. The van der Waals surface area contributed by atoms with Crippen molar-refractivity contribution in [3.63, 3.8) is 0 Å². The van der Waals surface area contributed by atoms with Crippen molar-refractivity contribution >= 4 is 19.6 Å². The summed E-state index contributed by atoms with van der Waals surface area (Å²) in [6, 6.07) is 25.9. The second kappa shape index (κ2) is 10.1. The Morgan fingerprint density at radius 3 is 2.17 bits per heavy atom. The minimum Gasteiger partial charge on any atom is -0.488 e. The van der Waals surface area contributed by atoms with Crippen LogP contribution in [0.4, 0.5) is 5.69 Å². The largest absolute Gasteiger partial charge is 0.488 e. The van der Waals surface area contributed by atoms with Crippen LogP contribution in [0, 0.1) is 6.92 Å². The van der Waals surface area contributed by atoms with Crippen LogP contribution in [-0.2, 0) is 11.8 Å². The third-order valence-electron chi connectivity index (χ3n) is 5.92. The average molecular weight is 420 g/mol. The van der Waals surface area contributed by atoms with E-state index in [1.165, 1.54) is 27.7 Å². The van der Waals surface area contributed by atoms with E-state index >= 15 is 0 Å². The molecule has 0 radical (unpaired) electrons. The molecule has 0 N–H and O–H groups in total. The van der Waals surface area contributed by atoms with Crippen molar-refractivity contribution in [2.45, 2.75) is 45.4 Å². The fraction of sp³-hybridized carbons (Fsp3) is 0.333. The molecule has 1 atom stereocenters. The molecule has 0 aromatic heterocycles. The molecule has 3 aromatic carbocycles. The Hall–Kier alpha value is -2.31. The molecule has 2 nitrogen and oxygen atoms in total. The van der Waals surface area contributed by atoms with E-state index in [0.29, 0.717) is 15.2 Å². The van der Waals surface area contributed by atoms with E-state index in [1.54, 1.807) is 0 Å². The SMILES string of the molecule is CCC(CC)(Pc1ccccc1N(C)C)c1cccc(C)c1OCc1ccccc1. The van der Waals surface area contributed by atoms with E-state index < -0.39 is 0 Å². The Morgan fingerprint density at radius 1 is 0.833 bits per heavy atom. The highest BCUT2D eigenvalue weighted by Crippen LogP contribution is 2.51. The van der Waals surface area contributed by atoms with Crippen molar-refractivity contribution in [2.24, 2.45) is 0 Å². The maximum absolute atomic E-state index is 6.47. The van der Waals surface area contributed by atoms with Crippen LogP contribution in [0.2, 0.25) is 0 Å². The second-order valence-electron chi connectivity index (χ2n) is 8.05. The molecule has 0 amide bonds. The van der Waals surface area contributed by atoms with Crippen LogP contribution in [0.25, 0.3) is 0 Å². The standard InChI is InChI=1S/C27H34NOP/c1-6-27(7-2,30-25-19-12-11-18-24(25)28(4)5)23-17-13-14-21(3)26(23)29-20-22-15-9-8-10-16-22/h8-19,30H,6-7,20H2,1-5H3. The molecule has 0 bridgehead atoms. The van der Waals surface area contributed by atoms with Gasteiger partial charge in [-0.2, -0.15) is 0 Å². The van der Waals surface area contributed by atoms with Crippen LogP contribution in [0.3, 0.4) is 0 Å². The molecule has 0 spiro atoms. The quantitative estimate of drug-likeness (QED) is 0.360. The first kappa shape index (κ1) is 22.4. The minimum atomic E-state index is 0.0597. The van der Waals surface area contributed by atoms with Gasteiger partial charge in [0.05, 0.1) is 0 Å². The van der Waals surface area contributed by atoms with Gasteiger partial charge in [0.2, 0.25) is 0 Å². The van der Waals surface area contributed by atoms with Gasteiger partial charge in [-0.3, -0.25) is 0 Å². The molecule has 3 rings (SSSR count). The molecule has 30 heavy (non-hydrogen) atoms. The Bertz CT molecular complexity index is 948. The van der Waals surface area contributed by atoms with E-state index in [2.05, 4.69) is 106 Å². The van der Waals surface area contributed by atoms with Crippen LogP contribution in [0.15, 0.2) is 72.8 Å². The third kappa shape index (κ3) is 4.87. The molecule has 0 heterocycles. The zero-order valence-corrected chi connectivity index (χ0v) is 19.9. The molecule has 0 aliphatic heterocycles. The lowest BCUT2D eigenvalue weighted by atomic mass is 9.90. The van der Waals surface area contributed by atoms with Crippen LogP contribution >= 0.6 is 8.58 Å². The minimum absolute atomic E-state index is 0.0597. The fourth-order valence-corrected chi connectivity index (χ4v) is 5.87. The van der Waals surface area contributed by atoms with Gasteiger partial charge in [-0.1, -0.05) is 89.2 Å². The highest BCUT2D eigenvalue weighted by Gasteiger charge is 2.33. The van der Waals surface area contributed by atoms with Crippen molar-refractivity contribution in [1.82, 2.24) is 0 Å². The van der Waals surface area contributed by atoms with Crippen LogP contribution in [-0.4, -0.2) is 14.1 Å². The summed E-state index contributed by atoms with van der Waals surface area (Å²) in [4.78, 5) is 2.22. The lowest BCUT2D eigenvalue weighted by Crippen LogP contribution is -2.25. The van der Waals surface area contributed by atoms with Gasteiger partial charge in [0.25, 0.3) is 0 Å². The van der Waals surface area contributed by atoms with Crippen molar-refractivity contribution in [3.05, 3.63) is 89.5 Å². The molecule has 0 fully saturated rings. The van der Waals surface area contributed by atoms with Crippen molar-refractivity contribution in [3.8, 4) is 5.75 Å². The number of ether oxygens (including phenoxy) is 1. The number of hydrogen-bond donors (Lipinski definition) is 0. The van der Waals surface area contributed by atoms with Crippen molar-refractivity contribution in [1.29, 1.82) is 0 Å². The van der Waals surface area contributed by atoms with Gasteiger partial charge in [-0.15, -0.1) is 0 Å². The lowest BCUT2D eigenvalue weighted by molar-refractivity contribution is 0.296. The Morgan fingerprint density at radius 2 is 1.50 bits per heavy atom. The molecule has 0 aliphatic carbocycles. The van der Waals surface area contributed by atoms with Crippen molar-refractivity contribution < 1.29 is 4.74 Å². The first-order valence-electron chi connectivity index (χ1n) is 10.8. The second-order valence-corrected chi connectivity index (χ2v) is 9.80. The molecule has 3 aromatic rings. The predicted octanol–water partition coefficient (Wildman–Crippen LogP) is 6.66. The summed E-state index contributed by atoms with van der Waals surface area (Å²) in [5, 5.41) is 1.48. The van der Waals surface area contributed by atoms with Crippen LogP contribution < -0.4 is 14.9 Å². The maximum Gasteiger partial charge on any atom is 0.126 e. The molecular formula is C27H34NOP. The molecular weight excluding hydrogens is 385 g/mol. The summed E-state index contributed by atoms with van der Waals surface area (Å²) in [6.45, 7) is 7.40. The molecule has 0 aliphatic rings. The Balaban J connectivity index is 2.01. The molecule has 3 heteroatoms. The van der Waals surface area contributed by atoms with E-state index in [9.17, 15) is 0 Å². The fourth-order valence-electron chi connectivity index (χ4n) is 4.05. The summed E-state index contributed by atoms with van der Waals surface area (Å²) in [5.41, 5.74) is 5.06. The predicted molar refractivity (Wildman–Crippen MR) is 133 cm³/mol. The van der Waals surface area contributed by atoms with Gasteiger partial charge < -0.3 is 9.64 Å². The Labute approximate surface area is 184 Å². The van der Waals surface area contributed by atoms with Gasteiger partial charge in [0.15, 0.2) is 0 Å². The van der Waals surface area contributed by atoms with Crippen LogP contribution in [0.5, 0.6) is 5.75 Å². The van der Waals surface area contributed by atoms with E-state index in [1.807, 2.05) is 6.07 Å². The summed E-state index contributed by atoms with van der Waals surface area (Å²) < 4.78 is 6.47. The summed E-state index contributed by atoms with van der Waals surface area (Å²) in [7, 11) is 4.93. The maximum atomic E-state index is 6.47. The highest BCUT2D eigenvalue weighted by molar-refractivity contribution is 7.49. The first-order chi connectivity index (χ1) is 14.5. The van der Waals surface area contributed by atoms with E-state index in [-0.39, 0.29) is 5.16 Å². The van der Waals surface area contributed by atoms with E-state index in [0.717, 1.165) is 18.6 Å². The molecule has 0 saturated carbocycles. The van der Waals surface area contributed by atoms with Crippen molar-refractivity contribution in [2.75, 3.05) is 19.0 Å². The number of benzene rings is 3. The number of anilines is 1. The van der Waals surface area contributed by atoms with Crippen LogP contribution in [0.1, 0.15) is 43.4 Å². The van der Waals surface area contributed by atoms with Gasteiger partial charge in [-0.05, 0) is 42.3 Å². The lowest BCUT2D eigenvalue weighted by Gasteiger charge is -2.35. The summed E-state index contributed by atoms with van der Waals surface area (Å²) >= 11 is 0. The molecule has 158 valence electrons. The zero-order chi connectivity index (χ0) is 21.6. The molecule has 0 saturated heterocycles. The molecule has 1 unspecified atom stereocenters. The first-order valence-corrected chi connectivity index (χ1v) is 11.8. The number of aryl methyl sites for hydroxylation is 1. The normalized spacial score (nSPS) is 11.8. The van der Waals surface area contributed by atoms with Gasteiger partial charge >= 0.3 is 0 Å². The average Bonchev–Trinajstić information content (AvgIpc) is 2.77.